The Kier molecular flexibility index (Phi) is 4.65. The SMILES string of the molecule is CC(=O)c1cccc(NC(=O)C(C)Nc2ccc3c(c2)CCC3)c1. The van der Waals surface area contributed by atoms with Crippen LogP contribution in [-0.2, 0) is 17.6 Å². The van der Waals surface area contributed by atoms with Crippen LogP contribution in [0.15, 0.2) is 42.5 Å². The quantitative estimate of drug-likeness (QED) is 0.823. The molecule has 0 saturated carbocycles. The molecule has 1 unspecified atom stereocenters. The molecule has 0 aromatic heterocycles. The van der Waals surface area contributed by atoms with Crippen molar-refractivity contribution in [3.8, 4) is 0 Å². The maximum Gasteiger partial charge on any atom is 0.246 e. The van der Waals surface area contributed by atoms with Gasteiger partial charge in [-0.3, -0.25) is 9.59 Å². The summed E-state index contributed by atoms with van der Waals surface area (Å²) in [5.74, 6) is -0.147. The van der Waals surface area contributed by atoms with Gasteiger partial charge in [0.2, 0.25) is 5.91 Å². The predicted octanol–water partition coefficient (Wildman–Crippen LogP) is 3.82. The standard InChI is InChI=1S/C20H22N2O2/c1-13(21-19-10-9-15-5-3-7-17(15)12-19)20(24)22-18-8-4-6-16(11-18)14(2)23/h4,6,8-13,21H,3,5,7H2,1-2H3,(H,22,24). The summed E-state index contributed by atoms with van der Waals surface area (Å²) in [6.07, 6.45) is 3.47. The number of ketones is 1. The molecule has 1 atom stereocenters. The second kappa shape index (κ2) is 6.87. The molecule has 1 amide bonds. The van der Waals surface area contributed by atoms with Gasteiger partial charge in [-0.1, -0.05) is 18.2 Å². The van der Waals surface area contributed by atoms with E-state index in [0.29, 0.717) is 11.3 Å². The van der Waals surface area contributed by atoms with Gasteiger partial charge < -0.3 is 10.6 Å². The highest BCUT2D eigenvalue weighted by atomic mass is 16.2. The second-order valence-electron chi connectivity index (χ2n) is 6.33. The third-order valence-corrected chi connectivity index (χ3v) is 4.41. The minimum Gasteiger partial charge on any atom is -0.374 e. The molecule has 3 rings (SSSR count). The minimum atomic E-state index is -0.370. The summed E-state index contributed by atoms with van der Waals surface area (Å²) in [5, 5.41) is 6.11. The first-order valence-electron chi connectivity index (χ1n) is 8.33. The van der Waals surface area contributed by atoms with Crippen molar-refractivity contribution in [2.24, 2.45) is 0 Å². The lowest BCUT2D eigenvalue weighted by Gasteiger charge is -2.16. The zero-order valence-corrected chi connectivity index (χ0v) is 14.1. The lowest BCUT2D eigenvalue weighted by atomic mass is 10.1. The fourth-order valence-corrected chi connectivity index (χ4v) is 3.04. The number of anilines is 2. The van der Waals surface area contributed by atoms with Crippen molar-refractivity contribution in [3.63, 3.8) is 0 Å². The van der Waals surface area contributed by atoms with Crippen LogP contribution in [0.1, 0.15) is 41.8 Å². The summed E-state index contributed by atoms with van der Waals surface area (Å²) in [7, 11) is 0. The Morgan fingerprint density at radius 3 is 2.58 bits per heavy atom. The molecule has 0 saturated heterocycles. The Morgan fingerprint density at radius 2 is 1.79 bits per heavy atom. The normalized spacial score (nSPS) is 13.9. The second-order valence-corrected chi connectivity index (χ2v) is 6.33. The van der Waals surface area contributed by atoms with Crippen LogP contribution < -0.4 is 10.6 Å². The van der Waals surface area contributed by atoms with E-state index >= 15 is 0 Å². The molecule has 1 aliphatic carbocycles. The number of fused-ring (bicyclic) bond motifs is 1. The molecule has 0 radical (unpaired) electrons. The van der Waals surface area contributed by atoms with E-state index in [0.717, 1.165) is 18.5 Å². The summed E-state index contributed by atoms with van der Waals surface area (Å²) in [6.45, 7) is 3.34. The van der Waals surface area contributed by atoms with Gasteiger partial charge in [-0.15, -0.1) is 0 Å². The molecular weight excluding hydrogens is 300 g/mol. The van der Waals surface area contributed by atoms with Gasteiger partial charge in [0, 0.05) is 16.9 Å². The average Bonchev–Trinajstić information content (AvgIpc) is 3.02. The van der Waals surface area contributed by atoms with E-state index in [9.17, 15) is 9.59 Å². The third kappa shape index (κ3) is 3.65. The lowest BCUT2D eigenvalue weighted by molar-refractivity contribution is -0.116. The van der Waals surface area contributed by atoms with Gasteiger partial charge in [-0.2, -0.15) is 0 Å². The smallest absolute Gasteiger partial charge is 0.246 e. The summed E-state index contributed by atoms with van der Waals surface area (Å²) < 4.78 is 0. The molecule has 2 aromatic carbocycles. The first kappa shape index (κ1) is 16.2. The summed E-state index contributed by atoms with van der Waals surface area (Å²) in [5.41, 5.74) is 4.98. The predicted molar refractivity (Wildman–Crippen MR) is 96.6 cm³/mol. The molecule has 24 heavy (non-hydrogen) atoms. The third-order valence-electron chi connectivity index (χ3n) is 4.41. The van der Waals surface area contributed by atoms with E-state index in [1.807, 2.05) is 13.0 Å². The molecule has 0 spiro atoms. The fraction of sp³-hybridized carbons (Fsp3) is 0.300. The van der Waals surface area contributed by atoms with Crippen LogP contribution in [0, 0.1) is 0 Å². The Morgan fingerprint density at radius 1 is 1.00 bits per heavy atom. The summed E-state index contributed by atoms with van der Waals surface area (Å²) in [6, 6.07) is 12.9. The van der Waals surface area contributed by atoms with Gasteiger partial charge in [0.1, 0.15) is 6.04 Å². The van der Waals surface area contributed by atoms with E-state index in [-0.39, 0.29) is 17.7 Å². The van der Waals surface area contributed by atoms with Crippen LogP contribution in [0.25, 0.3) is 0 Å². The van der Waals surface area contributed by atoms with Crippen molar-refractivity contribution in [3.05, 3.63) is 59.2 Å². The molecule has 0 heterocycles. The highest BCUT2D eigenvalue weighted by Gasteiger charge is 2.15. The molecule has 2 aromatic rings. The number of rotatable bonds is 5. The number of nitrogens with one attached hydrogen (secondary N) is 2. The van der Waals surface area contributed by atoms with E-state index in [1.54, 1.807) is 24.3 Å². The number of hydrogen-bond donors (Lipinski definition) is 2. The van der Waals surface area contributed by atoms with Crippen molar-refractivity contribution in [2.75, 3.05) is 10.6 Å². The van der Waals surface area contributed by atoms with Gasteiger partial charge in [0.15, 0.2) is 5.78 Å². The molecule has 4 heteroatoms. The Balaban J connectivity index is 1.64. The largest absolute Gasteiger partial charge is 0.374 e. The maximum absolute atomic E-state index is 12.4. The molecule has 1 aliphatic rings. The van der Waals surface area contributed by atoms with Crippen molar-refractivity contribution in [2.45, 2.75) is 39.2 Å². The number of aryl methyl sites for hydroxylation is 2. The van der Waals surface area contributed by atoms with Crippen molar-refractivity contribution in [1.82, 2.24) is 0 Å². The van der Waals surface area contributed by atoms with Crippen LogP contribution in [0.2, 0.25) is 0 Å². The lowest BCUT2D eigenvalue weighted by Crippen LogP contribution is -2.31. The van der Waals surface area contributed by atoms with Crippen molar-refractivity contribution < 1.29 is 9.59 Å². The van der Waals surface area contributed by atoms with Gasteiger partial charge in [-0.25, -0.2) is 0 Å². The number of Topliss-reactive ketones (excluding diaryl/α,β-unsaturated/α-hetero) is 1. The monoisotopic (exact) mass is 322 g/mol. The van der Waals surface area contributed by atoms with Gasteiger partial charge in [-0.05, 0) is 68.5 Å². The Labute approximate surface area is 142 Å². The van der Waals surface area contributed by atoms with Gasteiger partial charge >= 0.3 is 0 Å². The van der Waals surface area contributed by atoms with E-state index in [2.05, 4.69) is 22.8 Å². The van der Waals surface area contributed by atoms with E-state index in [1.165, 1.54) is 24.5 Å². The Bertz CT molecular complexity index is 783. The van der Waals surface area contributed by atoms with Crippen LogP contribution in [0.5, 0.6) is 0 Å². The molecule has 4 nitrogen and oxygen atoms in total. The fourth-order valence-electron chi connectivity index (χ4n) is 3.04. The molecular formula is C20H22N2O2. The highest BCUT2D eigenvalue weighted by Crippen LogP contribution is 2.25. The molecule has 0 fully saturated rings. The van der Waals surface area contributed by atoms with Crippen LogP contribution in [-0.4, -0.2) is 17.7 Å². The topological polar surface area (TPSA) is 58.2 Å². The highest BCUT2D eigenvalue weighted by molar-refractivity contribution is 5.99. The summed E-state index contributed by atoms with van der Waals surface area (Å²) in [4.78, 5) is 23.8. The number of hydrogen-bond acceptors (Lipinski definition) is 3. The van der Waals surface area contributed by atoms with Crippen molar-refractivity contribution >= 4 is 23.1 Å². The number of amides is 1. The number of carbonyl (C=O) groups excluding carboxylic acids is 2. The van der Waals surface area contributed by atoms with Crippen LogP contribution >= 0.6 is 0 Å². The van der Waals surface area contributed by atoms with E-state index in [4.69, 9.17) is 0 Å². The van der Waals surface area contributed by atoms with Crippen LogP contribution in [0.3, 0.4) is 0 Å². The zero-order chi connectivity index (χ0) is 17.1. The number of benzene rings is 2. The van der Waals surface area contributed by atoms with Gasteiger partial charge in [0.05, 0.1) is 0 Å². The average molecular weight is 322 g/mol. The first-order valence-corrected chi connectivity index (χ1v) is 8.33. The molecule has 2 N–H and O–H groups in total. The molecule has 0 aliphatic heterocycles. The number of carbonyl (C=O) groups is 2. The van der Waals surface area contributed by atoms with Crippen LogP contribution in [0.4, 0.5) is 11.4 Å². The maximum atomic E-state index is 12.4. The Hall–Kier alpha value is -2.62. The van der Waals surface area contributed by atoms with Crippen molar-refractivity contribution in [1.29, 1.82) is 0 Å². The molecule has 0 bridgehead atoms. The summed E-state index contributed by atoms with van der Waals surface area (Å²) >= 11 is 0. The first-order chi connectivity index (χ1) is 11.5. The van der Waals surface area contributed by atoms with Gasteiger partial charge in [0.25, 0.3) is 0 Å². The minimum absolute atomic E-state index is 0.0181. The zero-order valence-electron chi connectivity index (χ0n) is 14.1. The molecule has 124 valence electrons. The van der Waals surface area contributed by atoms with E-state index < -0.39 is 0 Å².